The molecule has 1 atom stereocenters. The molecule has 3 heteroatoms. The van der Waals surface area contributed by atoms with E-state index < -0.39 is 0 Å². The molecule has 0 saturated heterocycles. The molecule has 22 heavy (non-hydrogen) atoms. The van der Waals surface area contributed by atoms with Crippen molar-refractivity contribution in [2.45, 2.75) is 19.0 Å². The zero-order chi connectivity index (χ0) is 15.6. The van der Waals surface area contributed by atoms with Crippen molar-refractivity contribution in [3.63, 3.8) is 0 Å². The molecule has 0 fully saturated rings. The maximum atomic E-state index is 9.24. The molecular formula is C19H21NO2. The zero-order valence-electron chi connectivity index (χ0n) is 12.5. The van der Waals surface area contributed by atoms with E-state index in [1.54, 1.807) is 0 Å². The monoisotopic (exact) mass is 295 g/mol. The summed E-state index contributed by atoms with van der Waals surface area (Å²) in [5, 5.41) is 12.7. The van der Waals surface area contributed by atoms with Gasteiger partial charge in [0.2, 0.25) is 0 Å². The Morgan fingerprint density at radius 2 is 1.82 bits per heavy atom. The van der Waals surface area contributed by atoms with Gasteiger partial charge in [0.05, 0.1) is 0 Å². The van der Waals surface area contributed by atoms with Gasteiger partial charge in [0.25, 0.3) is 0 Å². The Morgan fingerprint density at radius 3 is 2.45 bits per heavy atom. The van der Waals surface area contributed by atoms with E-state index in [1.165, 1.54) is 5.56 Å². The largest absolute Gasteiger partial charge is 0.481 e. The molecular weight excluding hydrogens is 274 g/mol. The number of ether oxygens (including phenoxy) is 1. The van der Waals surface area contributed by atoms with E-state index in [9.17, 15) is 5.11 Å². The summed E-state index contributed by atoms with van der Waals surface area (Å²) < 4.78 is 5.35. The van der Waals surface area contributed by atoms with Crippen molar-refractivity contribution in [1.29, 1.82) is 0 Å². The van der Waals surface area contributed by atoms with Crippen molar-refractivity contribution in [3.8, 4) is 18.1 Å². The van der Waals surface area contributed by atoms with Crippen LogP contribution in [0.25, 0.3) is 0 Å². The van der Waals surface area contributed by atoms with Crippen molar-refractivity contribution < 1.29 is 9.84 Å². The molecule has 0 spiro atoms. The minimum absolute atomic E-state index is 0.142. The Labute approximate surface area is 131 Å². The van der Waals surface area contributed by atoms with Gasteiger partial charge in [-0.25, -0.2) is 0 Å². The van der Waals surface area contributed by atoms with Gasteiger partial charge in [-0.2, -0.15) is 0 Å². The topological polar surface area (TPSA) is 41.5 Å². The van der Waals surface area contributed by atoms with Gasteiger partial charge in [-0.15, -0.1) is 6.42 Å². The molecule has 2 aromatic carbocycles. The van der Waals surface area contributed by atoms with E-state index in [0.717, 1.165) is 17.9 Å². The van der Waals surface area contributed by atoms with Crippen molar-refractivity contribution in [2.75, 3.05) is 13.2 Å². The molecule has 2 aromatic rings. The van der Waals surface area contributed by atoms with E-state index >= 15 is 0 Å². The summed E-state index contributed by atoms with van der Waals surface area (Å²) in [6, 6.07) is 18.2. The molecule has 0 aromatic heterocycles. The molecule has 2 rings (SSSR count). The van der Waals surface area contributed by atoms with Gasteiger partial charge in [0.15, 0.2) is 0 Å². The normalized spacial score (nSPS) is 11.6. The SMILES string of the molecule is C#CCOc1ccc(CN[C@H](CCO)c2ccccc2)cc1. The molecule has 0 aliphatic heterocycles. The van der Waals surface area contributed by atoms with Gasteiger partial charge in [-0.05, 0) is 29.7 Å². The number of rotatable bonds is 8. The average molecular weight is 295 g/mol. The molecule has 3 nitrogen and oxygen atoms in total. The van der Waals surface area contributed by atoms with E-state index in [-0.39, 0.29) is 19.3 Å². The molecule has 0 bridgehead atoms. The highest BCUT2D eigenvalue weighted by Crippen LogP contribution is 2.18. The van der Waals surface area contributed by atoms with Gasteiger partial charge in [-0.3, -0.25) is 0 Å². The molecule has 0 aliphatic carbocycles. The summed E-state index contributed by atoms with van der Waals surface area (Å²) in [6.07, 6.45) is 5.85. The van der Waals surface area contributed by atoms with Gasteiger partial charge >= 0.3 is 0 Å². The number of nitrogens with one attached hydrogen (secondary N) is 1. The second-order valence-electron chi connectivity index (χ2n) is 4.99. The predicted octanol–water partition coefficient (Wildman–Crippen LogP) is 2.91. The fraction of sp³-hybridized carbons (Fsp3) is 0.263. The van der Waals surface area contributed by atoms with Gasteiger partial charge in [-0.1, -0.05) is 48.4 Å². The first kappa shape index (κ1) is 16.1. The molecule has 2 N–H and O–H groups in total. The number of hydrogen-bond donors (Lipinski definition) is 2. The van der Waals surface area contributed by atoms with Crippen LogP contribution in [0.4, 0.5) is 0 Å². The van der Waals surface area contributed by atoms with Crippen molar-refractivity contribution in [1.82, 2.24) is 5.32 Å². The van der Waals surface area contributed by atoms with Crippen LogP contribution >= 0.6 is 0 Å². The first-order chi connectivity index (χ1) is 10.8. The van der Waals surface area contributed by atoms with E-state index in [0.29, 0.717) is 6.42 Å². The van der Waals surface area contributed by atoms with Gasteiger partial charge < -0.3 is 15.2 Å². The third-order valence-electron chi connectivity index (χ3n) is 3.42. The van der Waals surface area contributed by atoms with Gasteiger partial charge in [0.1, 0.15) is 12.4 Å². The van der Waals surface area contributed by atoms with Crippen LogP contribution in [0.15, 0.2) is 54.6 Å². The van der Waals surface area contributed by atoms with Crippen molar-refractivity contribution in [3.05, 3.63) is 65.7 Å². The fourth-order valence-electron chi connectivity index (χ4n) is 2.27. The van der Waals surface area contributed by atoms with Crippen LogP contribution in [0.1, 0.15) is 23.6 Å². The molecule has 0 aliphatic rings. The van der Waals surface area contributed by atoms with E-state index in [2.05, 4.69) is 23.4 Å². The number of hydrogen-bond acceptors (Lipinski definition) is 3. The Morgan fingerprint density at radius 1 is 1.09 bits per heavy atom. The third-order valence-corrected chi connectivity index (χ3v) is 3.42. The highest BCUT2D eigenvalue weighted by Gasteiger charge is 2.09. The second-order valence-corrected chi connectivity index (χ2v) is 4.99. The number of aliphatic hydroxyl groups excluding tert-OH is 1. The number of benzene rings is 2. The quantitative estimate of drug-likeness (QED) is 0.736. The summed E-state index contributed by atoms with van der Waals surface area (Å²) >= 11 is 0. The van der Waals surface area contributed by atoms with Crippen molar-refractivity contribution >= 4 is 0 Å². The standard InChI is InChI=1S/C19H21NO2/c1-2-14-22-18-10-8-16(9-11-18)15-20-19(12-13-21)17-6-4-3-5-7-17/h1,3-11,19-21H,12-15H2/t19-/m1/s1. The van der Waals surface area contributed by atoms with Crippen LogP contribution in [-0.2, 0) is 6.54 Å². The number of terminal acetylenes is 1. The lowest BCUT2D eigenvalue weighted by atomic mass is 10.0. The molecule has 0 heterocycles. The Balaban J connectivity index is 1.93. The van der Waals surface area contributed by atoms with Crippen LogP contribution in [0.3, 0.4) is 0 Å². The molecule has 0 radical (unpaired) electrons. The predicted molar refractivity (Wildman–Crippen MR) is 88.5 cm³/mol. The fourth-order valence-corrected chi connectivity index (χ4v) is 2.27. The Bertz CT molecular complexity index is 587. The van der Waals surface area contributed by atoms with Crippen LogP contribution in [0.2, 0.25) is 0 Å². The Kier molecular flexibility index (Phi) is 6.50. The first-order valence-corrected chi connectivity index (χ1v) is 7.38. The summed E-state index contributed by atoms with van der Waals surface area (Å²) in [5.74, 6) is 3.22. The highest BCUT2D eigenvalue weighted by atomic mass is 16.5. The van der Waals surface area contributed by atoms with Gasteiger partial charge in [0, 0.05) is 19.2 Å². The van der Waals surface area contributed by atoms with Crippen LogP contribution in [0, 0.1) is 12.3 Å². The summed E-state index contributed by atoms with van der Waals surface area (Å²) in [6.45, 7) is 1.17. The smallest absolute Gasteiger partial charge is 0.148 e. The van der Waals surface area contributed by atoms with Crippen LogP contribution in [-0.4, -0.2) is 18.3 Å². The lowest BCUT2D eigenvalue weighted by molar-refractivity contribution is 0.265. The average Bonchev–Trinajstić information content (AvgIpc) is 2.58. The lowest BCUT2D eigenvalue weighted by Gasteiger charge is -2.18. The molecule has 0 saturated carbocycles. The lowest BCUT2D eigenvalue weighted by Crippen LogP contribution is -2.21. The van der Waals surface area contributed by atoms with Crippen molar-refractivity contribution in [2.24, 2.45) is 0 Å². The molecule has 0 amide bonds. The maximum Gasteiger partial charge on any atom is 0.148 e. The maximum absolute atomic E-state index is 9.24. The second kappa shape index (κ2) is 8.89. The summed E-state index contributed by atoms with van der Waals surface area (Å²) in [7, 11) is 0. The molecule has 0 unspecified atom stereocenters. The Hall–Kier alpha value is -2.28. The first-order valence-electron chi connectivity index (χ1n) is 7.38. The highest BCUT2D eigenvalue weighted by molar-refractivity contribution is 5.28. The van der Waals surface area contributed by atoms with Crippen LogP contribution in [0.5, 0.6) is 5.75 Å². The van der Waals surface area contributed by atoms with E-state index in [1.807, 2.05) is 42.5 Å². The molecule has 114 valence electrons. The minimum Gasteiger partial charge on any atom is -0.481 e. The number of aliphatic hydroxyl groups is 1. The zero-order valence-corrected chi connectivity index (χ0v) is 12.5. The minimum atomic E-state index is 0.142. The summed E-state index contributed by atoms with van der Waals surface area (Å²) in [5.41, 5.74) is 2.34. The summed E-state index contributed by atoms with van der Waals surface area (Å²) in [4.78, 5) is 0. The third kappa shape index (κ3) is 4.92. The van der Waals surface area contributed by atoms with Crippen LogP contribution < -0.4 is 10.1 Å². The van der Waals surface area contributed by atoms with E-state index in [4.69, 9.17) is 11.2 Å².